The summed E-state index contributed by atoms with van der Waals surface area (Å²) < 4.78 is 5.38. The molecule has 1 saturated heterocycles. The zero-order chi connectivity index (χ0) is 20.8. The van der Waals surface area contributed by atoms with E-state index >= 15 is 0 Å². The average Bonchev–Trinajstić information content (AvgIpc) is 3.22. The molecular formula is C22H27N5O3. The number of pyridine rings is 1. The van der Waals surface area contributed by atoms with Crippen molar-refractivity contribution in [2.24, 2.45) is 5.92 Å². The third-order valence-electron chi connectivity index (χ3n) is 5.42. The molecule has 0 radical (unpaired) electrons. The number of nitrogens with one attached hydrogen (secondary N) is 3. The molecule has 0 bridgehead atoms. The summed E-state index contributed by atoms with van der Waals surface area (Å²) >= 11 is 0. The Kier molecular flexibility index (Phi) is 6.68. The van der Waals surface area contributed by atoms with Crippen LogP contribution >= 0.6 is 0 Å². The highest BCUT2D eigenvalue weighted by Crippen LogP contribution is 2.26. The van der Waals surface area contributed by atoms with E-state index in [0.29, 0.717) is 31.2 Å². The summed E-state index contributed by atoms with van der Waals surface area (Å²) in [6.07, 6.45) is 5.56. The number of amides is 1. The SMILES string of the molecule is O=C(NCC1CCOCC1)c1n[nH]c2ccc(-c3cncc(CNCCO)c3)cc12. The van der Waals surface area contributed by atoms with Crippen LogP contribution in [-0.4, -0.2) is 59.1 Å². The van der Waals surface area contributed by atoms with Gasteiger partial charge in [0, 0.05) is 56.2 Å². The van der Waals surface area contributed by atoms with E-state index in [1.165, 1.54) is 0 Å². The van der Waals surface area contributed by atoms with Gasteiger partial charge in [-0.15, -0.1) is 0 Å². The van der Waals surface area contributed by atoms with Crippen molar-refractivity contribution in [2.45, 2.75) is 19.4 Å². The van der Waals surface area contributed by atoms with Crippen molar-refractivity contribution in [1.29, 1.82) is 0 Å². The highest BCUT2D eigenvalue weighted by Gasteiger charge is 2.18. The Balaban J connectivity index is 1.51. The van der Waals surface area contributed by atoms with Gasteiger partial charge in [0.05, 0.1) is 12.1 Å². The Labute approximate surface area is 175 Å². The van der Waals surface area contributed by atoms with Crippen molar-refractivity contribution >= 4 is 16.8 Å². The number of aliphatic hydroxyl groups excluding tert-OH is 1. The molecule has 0 saturated carbocycles. The van der Waals surface area contributed by atoms with Gasteiger partial charge in [-0.3, -0.25) is 14.9 Å². The first-order valence-corrected chi connectivity index (χ1v) is 10.3. The van der Waals surface area contributed by atoms with Gasteiger partial charge in [0.25, 0.3) is 5.91 Å². The molecule has 1 amide bonds. The maximum Gasteiger partial charge on any atom is 0.272 e. The van der Waals surface area contributed by atoms with Crippen molar-refractivity contribution in [2.75, 3.05) is 32.9 Å². The highest BCUT2D eigenvalue weighted by atomic mass is 16.5. The number of carbonyl (C=O) groups is 1. The monoisotopic (exact) mass is 409 g/mol. The van der Waals surface area contributed by atoms with Gasteiger partial charge >= 0.3 is 0 Å². The molecule has 1 aliphatic heterocycles. The van der Waals surface area contributed by atoms with E-state index in [1.807, 2.05) is 24.4 Å². The van der Waals surface area contributed by atoms with E-state index in [4.69, 9.17) is 9.84 Å². The maximum absolute atomic E-state index is 12.7. The van der Waals surface area contributed by atoms with Gasteiger partial charge in [-0.25, -0.2) is 0 Å². The lowest BCUT2D eigenvalue weighted by atomic mass is 10.0. The molecule has 158 valence electrons. The van der Waals surface area contributed by atoms with Crippen molar-refractivity contribution in [1.82, 2.24) is 25.8 Å². The Bertz CT molecular complexity index is 997. The Morgan fingerprint density at radius 3 is 2.90 bits per heavy atom. The number of aromatic amines is 1. The van der Waals surface area contributed by atoms with Crippen molar-refractivity contribution < 1.29 is 14.6 Å². The minimum absolute atomic E-state index is 0.101. The van der Waals surface area contributed by atoms with E-state index < -0.39 is 0 Å². The Morgan fingerprint density at radius 1 is 1.20 bits per heavy atom. The number of benzene rings is 1. The van der Waals surface area contributed by atoms with Gasteiger partial charge in [0.2, 0.25) is 0 Å². The fourth-order valence-electron chi connectivity index (χ4n) is 3.69. The van der Waals surface area contributed by atoms with Gasteiger partial charge in [0.15, 0.2) is 5.69 Å². The topological polar surface area (TPSA) is 112 Å². The number of hydrogen-bond donors (Lipinski definition) is 4. The molecule has 1 fully saturated rings. The molecular weight excluding hydrogens is 382 g/mol. The number of carbonyl (C=O) groups excluding carboxylic acids is 1. The second kappa shape index (κ2) is 9.80. The van der Waals surface area contributed by atoms with Crippen LogP contribution in [0.2, 0.25) is 0 Å². The molecule has 4 N–H and O–H groups in total. The predicted octanol–water partition coefficient (Wildman–Crippen LogP) is 1.86. The molecule has 1 aliphatic rings. The number of aliphatic hydroxyl groups is 1. The minimum atomic E-state index is -0.162. The number of hydrogen-bond acceptors (Lipinski definition) is 6. The molecule has 1 aromatic carbocycles. The number of fused-ring (bicyclic) bond motifs is 1. The zero-order valence-corrected chi connectivity index (χ0v) is 16.9. The normalized spacial score (nSPS) is 14.8. The summed E-state index contributed by atoms with van der Waals surface area (Å²) in [4.78, 5) is 17.1. The molecule has 8 nitrogen and oxygen atoms in total. The maximum atomic E-state index is 12.7. The van der Waals surface area contributed by atoms with Crippen molar-refractivity contribution in [3.05, 3.63) is 47.9 Å². The molecule has 0 spiro atoms. The van der Waals surface area contributed by atoms with E-state index in [1.54, 1.807) is 6.20 Å². The van der Waals surface area contributed by atoms with Gasteiger partial charge in [-0.2, -0.15) is 5.10 Å². The van der Waals surface area contributed by atoms with Crippen molar-refractivity contribution in [3.63, 3.8) is 0 Å². The van der Waals surface area contributed by atoms with Crippen LogP contribution in [0.25, 0.3) is 22.0 Å². The molecule has 0 unspecified atom stereocenters. The van der Waals surface area contributed by atoms with Gasteiger partial charge in [-0.05, 0) is 48.1 Å². The lowest BCUT2D eigenvalue weighted by Gasteiger charge is -2.21. The lowest BCUT2D eigenvalue weighted by molar-refractivity contribution is 0.0642. The number of rotatable bonds is 8. The first-order chi connectivity index (χ1) is 14.7. The third-order valence-corrected chi connectivity index (χ3v) is 5.42. The van der Waals surface area contributed by atoms with Gasteiger partial charge < -0.3 is 20.5 Å². The first kappa shape index (κ1) is 20.5. The van der Waals surface area contributed by atoms with Crippen LogP contribution in [-0.2, 0) is 11.3 Å². The van der Waals surface area contributed by atoms with Gasteiger partial charge in [0.1, 0.15) is 0 Å². The predicted molar refractivity (Wildman–Crippen MR) is 114 cm³/mol. The molecule has 3 aromatic rings. The summed E-state index contributed by atoms with van der Waals surface area (Å²) in [7, 11) is 0. The molecule has 2 aromatic heterocycles. The third kappa shape index (κ3) is 4.84. The number of nitrogens with zero attached hydrogens (tertiary/aromatic N) is 2. The van der Waals surface area contributed by atoms with Crippen LogP contribution in [0.5, 0.6) is 0 Å². The molecule has 8 heteroatoms. The van der Waals surface area contributed by atoms with Crippen LogP contribution in [0.4, 0.5) is 0 Å². The smallest absolute Gasteiger partial charge is 0.272 e. The van der Waals surface area contributed by atoms with E-state index in [9.17, 15) is 4.79 Å². The van der Waals surface area contributed by atoms with Crippen LogP contribution in [0.1, 0.15) is 28.9 Å². The quantitative estimate of drug-likeness (QED) is 0.423. The summed E-state index contributed by atoms with van der Waals surface area (Å²) in [5, 5.41) is 23.1. The lowest BCUT2D eigenvalue weighted by Crippen LogP contribution is -2.32. The molecule has 30 heavy (non-hydrogen) atoms. The standard InChI is InChI=1S/C22H27N5O3/c28-6-5-23-11-16-9-18(14-24-12-16)17-1-2-20-19(10-17)21(27-26-20)22(29)25-13-15-3-7-30-8-4-15/h1-2,9-10,12,14-15,23,28H,3-8,11,13H2,(H,25,29)(H,26,27). The number of ether oxygens (including phenoxy) is 1. The summed E-state index contributed by atoms with van der Waals surface area (Å²) in [5.41, 5.74) is 4.20. The van der Waals surface area contributed by atoms with E-state index in [0.717, 1.165) is 53.6 Å². The second-order valence-corrected chi connectivity index (χ2v) is 7.58. The second-order valence-electron chi connectivity index (χ2n) is 7.58. The van der Waals surface area contributed by atoms with Gasteiger partial charge in [-0.1, -0.05) is 6.07 Å². The number of aromatic nitrogens is 3. The van der Waals surface area contributed by atoms with E-state index in [-0.39, 0.29) is 12.5 Å². The Hall–Kier alpha value is -2.81. The zero-order valence-electron chi connectivity index (χ0n) is 16.9. The molecule has 0 atom stereocenters. The minimum Gasteiger partial charge on any atom is -0.395 e. The number of H-pyrrole nitrogens is 1. The first-order valence-electron chi connectivity index (χ1n) is 10.3. The summed E-state index contributed by atoms with van der Waals surface area (Å²) in [5.74, 6) is 0.293. The fraction of sp³-hybridized carbons (Fsp3) is 0.409. The molecule has 4 rings (SSSR count). The average molecular weight is 409 g/mol. The molecule has 0 aliphatic carbocycles. The largest absolute Gasteiger partial charge is 0.395 e. The van der Waals surface area contributed by atoms with Crippen molar-refractivity contribution in [3.8, 4) is 11.1 Å². The Morgan fingerprint density at radius 2 is 2.07 bits per heavy atom. The van der Waals surface area contributed by atoms with Crippen LogP contribution < -0.4 is 10.6 Å². The van der Waals surface area contributed by atoms with Crippen LogP contribution in [0, 0.1) is 5.92 Å². The van der Waals surface area contributed by atoms with E-state index in [2.05, 4.69) is 31.9 Å². The highest BCUT2D eigenvalue weighted by molar-refractivity contribution is 6.05. The van der Waals surface area contributed by atoms with Crippen LogP contribution in [0.15, 0.2) is 36.7 Å². The summed E-state index contributed by atoms with van der Waals surface area (Å²) in [6, 6.07) is 7.96. The fourth-order valence-corrected chi connectivity index (χ4v) is 3.69. The van der Waals surface area contributed by atoms with Crippen LogP contribution in [0.3, 0.4) is 0 Å². The molecule has 3 heterocycles. The summed E-state index contributed by atoms with van der Waals surface area (Å²) in [6.45, 7) is 3.44.